The average molecular weight is 433 g/mol. The van der Waals surface area contributed by atoms with Crippen LogP contribution in [0.2, 0.25) is 0 Å². The molecule has 0 aliphatic rings. The molecule has 0 aliphatic heterocycles. The predicted molar refractivity (Wildman–Crippen MR) is 121 cm³/mol. The summed E-state index contributed by atoms with van der Waals surface area (Å²) in [6.07, 6.45) is 1.83. The fourth-order valence-corrected chi connectivity index (χ4v) is 4.94. The van der Waals surface area contributed by atoms with E-state index in [1.165, 1.54) is 17.7 Å². The number of nitrogens with zero attached hydrogens (tertiary/aromatic N) is 3. The van der Waals surface area contributed by atoms with Crippen molar-refractivity contribution in [2.75, 3.05) is 5.32 Å². The van der Waals surface area contributed by atoms with Crippen LogP contribution in [0.15, 0.2) is 60.2 Å². The lowest BCUT2D eigenvalue weighted by molar-refractivity contribution is -0.115. The van der Waals surface area contributed by atoms with Gasteiger partial charge in [-0.25, -0.2) is 15.0 Å². The van der Waals surface area contributed by atoms with Crippen LogP contribution in [0.4, 0.5) is 5.13 Å². The zero-order valence-electron chi connectivity index (χ0n) is 16.0. The van der Waals surface area contributed by atoms with Crippen molar-refractivity contribution in [1.29, 1.82) is 0 Å². The predicted octanol–water partition coefficient (Wildman–Crippen LogP) is 5.58. The van der Waals surface area contributed by atoms with Crippen molar-refractivity contribution in [3.8, 4) is 11.6 Å². The number of hydrogen-bond acceptors (Lipinski definition) is 7. The Morgan fingerprint density at radius 3 is 2.87 bits per heavy atom. The topological polar surface area (TPSA) is 77.0 Å². The molecule has 0 fully saturated rings. The summed E-state index contributed by atoms with van der Waals surface area (Å²) in [5.41, 5.74) is 3.79. The normalized spacial score (nSPS) is 11.1. The molecule has 0 unspecified atom stereocenters. The maximum Gasteiger partial charge on any atom is 0.240 e. The van der Waals surface area contributed by atoms with Gasteiger partial charge < -0.3 is 10.1 Å². The van der Waals surface area contributed by atoms with Crippen LogP contribution >= 0.6 is 22.7 Å². The Morgan fingerprint density at radius 2 is 2.00 bits per heavy atom. The van der Waals surface area contributed by atoms with Crippen molar-refractivity contribution in [3.63, 3.8) is 0 Å². The molecular weight excluding hydrogens is 416 g/mol. The van der Waals surface area contributed by atoms with E-state index in [-0.39, 0.29) is 5.91 Å². The summed E-state index contributed by atoms with van der Waals surface area (Å²) in [6.45, 7) is 2.02. The van der Waals surface area contributed by atoms with Gasteiger partial charge >= 0.3 is 0 Å². The number of carbonyl (C=O) groups is 1. The number of thiophene rings is 1. The Hall–Kier alpha value is -3.36. The second-order valence-electron chi connectivity index (χ2n) is 6.74. The van der Waals surface area contributed by atoms with Crippen LogP contribution in [0.1, 0.15) is 11.1 Å². The van der Waals surface area contributed by atoms with Gasteiger partial charge in [-0.05, 0) is 35.6 Å². The number of rotatable bonds is 5. The van der Waals surface area contributed by atoms with Crippen LogP contribution < -0.4 is 10.1 Å². The molecule has 30 heavy (non-hydrogen) atoms. The molecule has 8 heteroatoms. The zero-order chi connectivity index (χ0) is 20.5. The van der Waals surface area contributed by atoms with Gasteiger partial charge in [0.25, 0.3) is 0 Å². The number of carbonyl (C=O) groups excluding carboxylic acids is 1. The highest BCUT2D eigenvalue weighted by Gasteiger charge is 2.12. The number of aromatic nitrogens is 3. The van der Waals surface area contributed by atoms with Gasteiger partial charge in [-0.1, -0.05) is 41.7 Å². The van der Waals surface area contributed by atoms with E-state index >= 15 is 0 Å². The standard InChI is InChI=1S/C22H16N4O2S2/c1-13-11-29-20-19(13)23-12-24-21(20)28-15-7-8-16-17(10-15)30-22(25-16)26-18(27)9-14-5-3-2-4-6-14/h2-8,10-12H,9H2,1H3,(H,25,26,27). The molecule has 1 amide bonds. The third kappa shape index (κ3) is 3.74. The van der Waals surface area contributed by atoms with Gasteiger partial charge in [-0.2, -0.15) is 0 Å². The van der Waals surface area contributed by atoms with Gasteiger partial charge in [-0.15, -0.1) is 11.3 Å². The first-order valence-electron chi connectivity index (χ1n) is 9.27. The molecule has 0 saturated carbocycles. The molecule has 0 saturated heterocycles. The molecule has 0 spiro atoms. The lowest BCUT2D eigenvalue weighted by Gasteiger charge is -2.05. The van der Waals surface area contributed by atoms with Crippen molar-refractivity contribution in [1.82, 2.24) is 15.0 Å². The maximum atomic E-state index is 12.3. The number of hydrogen-bond donors (Lipinski definition) is 1. The van der Waals surface area contributed by atoms with Crippen LogP contribution in [0.25, 0.3) is 20.4 Å². The quantitative estimate of drug-likeness (QED) is 0.392. The molecular formula is C22H16N4O2S2. The van der Waals surface area contributed by atoms with Crippen molar-refractivity contribution in [3.05, 3.63) is 71.4 Å². The van der Waals surface area contributed by atoms with Crippen LogP contribution in [0.3, 0.4) is 0 Å². The number of aryl methyl sites for hydroxylation is 1. The van der Waals surface area contributed by atoms with Gasteiger partial charge in [0, 0.05) is 6.07 Å². The first-order chi connectivity index (χ1) is 14.7. The molecule has 6 nitrogen and oxygen atoms in total. The van der Waals surface area contributed by atoms with Crippen molar-refractivity contribution in [2.24, 2.45) is 0 Å². The molecule has 0 aliphatic carbocycles. The fourth-order valence-electron chi connectivity index (χ4n) is 3.10. The molecule has 3 aromatic heterocycles. The van der Waals surface area contributed by atoms with E-state index in [0.717, 1.165) is 31.6 Å². The zero-order valence-corrected chi connectivity index (χ0v) is 17.6. The maximum absolute atomic E-state index is 12.3. The van der Waals surface area contributed by atoms with Crippen molar-refractivity contribution >= 4 is 54.1 Å². The Balaban J connectivity index is 1.35. The van der Waals surface area contributed by atoms with Gasteiger partial charge in [0.05, 0.1) is 22.2 Å². The summed E-state index contributed by atoms with van der Waals surface area (Å²) in [7, 11) is 0. The van der Waals surface area contributed by atoms with E-state index in [1.54, 1.807) is 11.3 Å². The number of fused-ring (bicyclic) bond motifs is 2. The van der Waals surface area contributed by atoms with E-state index in [4.69, 9.17) is 4.74 Å². The summed E-state index contributed by atoms with van der Waals surface area (Å²) in [4.78, 5) is 25.4. The number of anilines is 1. The molecule has 0 radical (unpaired) electrons. The Morgan fingerprint density at radius 1 is 1.13 bits per heavy atom. The molecule has 0 atom stereocenters. The summed E-state index contributed by atoms with van der Waals surface area (Å²) in [5, 5.41) is 5.50. The minimum Gasteiger partial charge on any atom is -0.437 e. The lowest BCUT2D eigenvalue weighted by Crippen LogP contribution is -2.13. The summed E-state index contributed by atoms with van der Waals surface area (Å²) in [5.74, 6) is 1.12. The molecule has 5 rings (SSSR count). The summed E-state index contributed by atoms with van der Waals surface area (Å²) >= 11 is 2.98. The Labute approximate surface area is 180 Å². The van der Waals surface area contributed by atoms with E-state index in [9.17, 15) is 4.79 Å². The highest BCUT2D eigenvalue weighted by molar-refractivity contribution is 7.22. The average Bonchev–Trinajstić information content (AvgIpc) is 3.32. The van der Waals surface area contributed by atoms with Crippen LogP contribution in [0.5, 0.6) is 11.6 Å². The summed E-state index contributed by atoms with van der Waals surface area (Å²) < 4.78 is 7.88. The SMILES string of the molecule is Cc1csc2c(Oc3ccc4nc(NC(=O)Cc5ccccc5)sc4c3)ncnc12. The van der Waals surface area contributed by atoms with Crippen molar-refractivity contribution < 1.29 is 9.53 Å². The minimum absolute atomic E-state index is 0.0897. The van der Waals surface area contributed by atoms with Crippen LogP contribution in [-0.4, -0.2) is 20.9 Å². The highest BCUT2D eigenvalue weighted by atomic mass is 32.1. The molecule has 3 heterocycles. The second-order valence-corrected chi connectivity index (χ2v) is 8.65. The first-order valence-corrected chi connectivity index (χ1v) is 11.0. The lowest BCUT2D eigenvalue weighted by atomic mass is 10.1. The smallest absolute Gasteiger partial charge is 0.240 e. The molecule has 5 aromatic rings. The fraction of sp³-hybridized carbons (Fsp3) is 0.0909. The number of thiazole rings is 1. The van der Waals surface area contributed by atoms with Gasteiger partial charge in [-0.3, -0.25) is 4.79 Å². The van der Waals surface area contributed by atoms with Gasteiger partial charge in [0.15, 0.2) is 5.13 Å². The molecule has 0 bridgehead atoms. The van der Waals surface area contributed by atoms with E-state index in [0.29, 0.717) is 23.2 Å². The number of nitrogens with one attached hydrogen (secondary N) is 1. The van der Waals surface area contributed by atoms with E-state index in [1.807, 2.05) is 60.8 Å². The van der Waals surface area contributed by atoms with E-state index in [2.05, 4.69) is 20.3 Å². The van der Waals surface area contributed by atoms with Crippen LogP contribution in [-0.2, 0) is 11.2 Å². The monoisotopic (exact) mass is 432 g/mol. The highest BCUT2D eigenvalue weighted by Crippen LogP contribution is 2.35. The molecule has 148 valence electrons. The van der Waals surface area contributed by atoms with Crippen molar-refractivity contribution in [2.45, 2.75) is 13.3 Å². The summed E-state index contributed by atoms with van der Waals surface area (Å²) in [6, 6.07) is 15.3. The third-order valence-electron chi connectivity index (χ3n) is 4.53. The number of amides is 1. The minimum atomic E-state index is -0.0897. The number of ether oxygens (including phenoxy) is 1. The third-order valence-corrected chi connectivity index (χ3v) is 6.54. The Bertz CT molecular complexity index is 1360. The molecule has 2 aromatic carbocycles. The van der Waals surface area contributed by atoms with Crippen LogP contribution in [0, 0.1) is 6.92 Å². The first kappa shape index (κ1) is 18.7. The van der Waals surface area contributed by atoms with Gasteiger partial charge in [0.1, 0.15) is 16.8 Å². The largest absolute Gasteiger partial charge is 0.437 e. The number of benzene rings is 2. The Kier molecular flexibility index (Phi) is 4.86. The second kappa shape index (κ2) is 7.81. The van der Waals surface area contributed by atoms with Gasteiger partial charge in [0.2, 0.25) is 11.8 Å². The molecule has 1 N–H and O–H groups in total. The van der Waals surface area contributed by atoms with E-state index < -0.39 is 0 Å².